The number of nitrogens with zero attached hydrogens (tertiary/aromatic N) is 1. The normalized spacial score (nSPS) is 22.6. The molecule has 0 bridgehead atoms. The van der Waals surface area contributed by atoms with Crippen LogP contribution in [0.3, 0.4) is 0 Å². The number of benzene rings is 1. The molecule has 5 nitrogen and oxygen atoms in total. The van der Waals surface area contributed by atoms with Crippen molar-refractivity contribution in [2.24, 2.45) is 5.73 Å². The molecule has 1 heterocycles. The van der Waals surface area contributed by atoms with Crippen molar-refractivity contribution >= 4 is 6.09 Å². The third-order valence-corrected chi connectivity index (χ3v) is 3.96. The Morgan fingerprint density at radius 1 is 1.30 bits per heavy atom. The monoisotopic (exact) mass is 319 g/mol. The van der Waals surface area contributed by atoms with E-state index in [0.29, 0.717) is 12.5 Å². The number of hydrogen-bond acceptors (Lipinski definition) is 4. The van der Waals surface area contributed by atoms with Gasteiger partial charge in [-0.25, -0.2) is 4.79 Å². The second-order valence-corrected chi connectivity index (χ2v) is 7.23. The average molecular weight is 319 g/mol. The number of ether oxygens (including phenoxy) is 1. The van der Waals surface area contributed by atoms with Gasteiger partial charge in [-0.1, -0.05) is 30.3 Å². The number of alkyl carbamates (subject to hydrolysis) is 1. The van der Waals surface area contributed by atoms with Crippen LogP contribution in [-0.4, -0.2) is 48.8 Å². The van der Waals surface area contributed by atoms with Gasteiger partial charge in [0.1, 0.15) is 5.60 Å². The molecule has 1 aliphatic rings. The highest BCUT2D eigenvalue weighted by molar-refractivity contribution is 5.68. The van der Waals surface area contributed by atoms with Crippen LogP contribution in [0, 0.1) is 0 Å². The minimum Gasteiger partial charge on any atom is -0.444 e. The lowest BCUT2D eigenvalue weighted by Crippen LogP contribution is -2.52. The number of piperidine rings is 1. The molecule has 23 heavy (non-hydrogen) atoms. The Bertz CT molecular complexity index is 499. The molecule has 1 aromatic carbocycles. The van der Waals surface area contributed by atoms with Gasteiger partial charge in [-0.2, -0.15) is 0 Å². The highest BCUT2D eigenvalue weighted by atomic mass is 16.6. The van der Waals surface area contributed by atoms with Crippen LogP contribution in [0.4, 0.5) is 4.79 Å². The summed E-state index contributed by atoms with van der Waals surface area (Å²) < 4.78 is 5.38. The summed E-state index contributed by atoms with van der Waals surface area (Å²) in [5, 5.41) is 3.02. The Hall–Kier alpha value is -1.59. The average Bonchev–Trinajstić information content (AvgIpc) is 2.46. The summed E-state index contributed by atoms with van der Waals surface area (Å²) in [5.74, 6) is 0.399. The summed E-state index contributed by atoms with van der Waals surface area (Å²) in [6.07, 6.45) is 0.577. The van der Waals surface area contributed by atoms with E-state index in [0.717, 1.165) is 26.1 Å². The molecule has 0 saturated carbocycles. The lowest BCUT2D eigenvalue weighted by molar-refractivity contribution is 0.0466. The fourth-order valence-corrected chi connectivity index (χ4v) is 3.10. The van der Waals surface area contributed by atoms with E-state index >= 15 is 0 Å². The quantitative estimate of drug-likeness (QED) is 0.894. The molecule has 1 aromatic rings. The standard InChI is InChI=1S/C18H29N3O2/c1-18(2,3)23-17(22)20-16-11-15(12-21(13-16)10-9-19)14-7-5-4-6-8-14/h4-8,15-16H,9-13,19H2,1-3H3,(H,20,22). The van der Waals surface area contributed by atoms with Crippen molar-refractivity contribution in [2.75, 3.05) is 26.2 Å². The van der Waals surface area contributed by atoms with Gasteiger partial charge in [0, 0.05) is 32.2 Å². The Morgan fingerprint density at radius 2 is 2.00 bits per heavy atom. The maximum absolute atomic E-state index is 12.1. The first kappa shape index (κ1) is 17.8. The zero-order valence-corrected chi connectivity index (χ0v) is 14.4. The van der Waals surface area contributed by atoms with Crippen LogP contribution < -0.4 is 11.1 Å². The maximum atomic E-state index is 12.1. The van der Waals surface area contributed by atoms with Crippen molar-refractivity contribution in [1.29, 1.82) is 0 Å². The Kier molecular flexibility index (Phi) is 6.02. The van der Waals surface area contributed by atoms with Crippen molar-refractivity contribution in [3.05, 3.63) is 35.9 Å². The number of amides is 1. The minimum atomic E-state index is -0.478. The van der Waals surface area contributed by atoms with E-state index in [2.05, 4.69) is 34.5 Å². The molecule has 1 saturated heterocycles. The van der Waals surface area contributed by atoms with Gasteiger partial charge >= 0.3 is 6.09 Å². The van der Waals surface area contributed by atoms with Crippen LogP contribution in [0.2, 0.25) is 0 Å². The molecule has 2 atom stereocenters. The third kappa shape index (κ3) is 5.84. The van der Waals surface area contributed by atoms with Crippen LogP contribution in [0.1, 0.15) is 38.7 Å². The van der Waals surface area contributed by atoms with Crippen molar-refractivity contribution in [1.82, 2.24) is 10.2 Å². The van der Waals surface area contributed by atoms with Crippen molar-refractivity contribution in [2.45, 2.75) is 44.8 Å². The zero-order chi connectivity index (χ0) is 16.9. The Balaban J connectivity index is 2.02. The molecule has 0 radical (unpaired) electrons. The molecular weight excluding hydrogens is 290 g/mol. The van der Waals surface area contributed by atoms with E-state index < -0.39 is 5.60 Å². The third-order valence-electron chi connectivity index (χ3n) is 3.96. The molecule has 2 rings (SSSR count). The maximum Gasteiger partial charge on any atom is 0.407 e. The van der Waals surface area contributed by atoms with Gasteiger partial charge in [0.05, 0.1) is 0 Å². The molecule has 0 spiro atoms. The highest BCUT2D eigenvalue weighted by Crippen LogP contribution is 2.27. The second-order valence-electron chi connectivity index (χ2n) is 7.23. The highest BCUT2D eigenvalue weighted by Gasteiger charge is 2.29. The van der Waals surface area contributed by atoms with Gasteiger partial charge in [-0.3, -0.25) is 4.90 Å². The van der Waals surface area contributed by atoms with Gasteiger partial charge in [0.25, 0.3) is 0 Å². The van der Waals surface area contributed by atoms with Crippen LogP contribution in [0.15, 0.2) is 30.3 Å². The van der Waals surface area contributed by atoms with E-state index in [4.69, 9.17) is 10.5 Å². The number of carbonyl (C=O) groups excluding carboxylic acids is 1. The predicted octanol–water partition coefficient (Wildman–Crippen LogP) is 2.33. The lowest BCUT2D eigenvalue weighted by Gasteiger charge is -2.38. The lowest BCUT2D eigenvalue weighted by atomic mass is 9.88. The zero-order valence-electron chi connectivity index (χ0n) is 14.4. The minimum absolute atomic E-state index is 0.0790. The summed E-state index contributed by atoms with van der Waals surface area (Å²) in [6.45, 7) is 8.90. The van der Waals surface area contributed by atoms with E-state index in [1.807, 2.05) is 26.8 Å². The SMILES string of the molecule is CC(C)(C)OC(=O)NC1CC(c2ccccc2)CN(CCN)C1. The first-order valence-corrected chi connectivity index (χ1v) is 8.34. The molecule has 0 aliphatic carbocycles. The Morgan fingerprint density at radius 3 is 2.61 bits per heavy atom. The van der Waals surface area contributed by atoms with Gasteiger partial charge in [-0.05, 0) is 38.7 Å². The molecule has 1 amide bonds. The first-order valence-electron chi connectivity index (χ1n) is 8.34. The van der Waals surface area contributed by atoms with Crippen molar-refractivity contribution in [3.8, 4) is 0 Å². The fraction of sp³-hybridized carbons (Fsp3) is 0.611. The van der Waals surface area contributed by atoms with Gasteiger partial charge in [-0.15, -0.1) is 0 Å². The number of nitrogens with one attached hydrogen (secondary N) is 1. The van der Waals surface area contributed by atoms with Crippen LogP contribution in [0.5, 0.6) is 0 Å². The van der Waals surface area contributed by atoms with Crippen LogP contribution in [0.25, 0.3) is 0 Å². The number of nitrogens with two attached hydrogens (primary N) is 1. The van der Waals surface area contributed by atoms with Crippen LogP contribution >= 0.6 is 0 Å². The van der Waals surface area contributed by atoms with Gasteiger partial charge in [0.2, 0.25) is 0 Å². The number of hydrogen-bond donors (Lipinski definition) is 2. The van der Waals surface area contributed by atoms with E-state index in [1.165, 1.54) is 5.56 Å². The topological polar surface area (TPSA) is 67.6 Å². The fourth-order valence-electron chi connectivity index (χ4n) is 3.10. The molecule has 3 N–H and O–H groups in total. The molecule has 1 fully saturated rings. The predicted molar refractivity (Wildman–Crippen MR) is 92.5 cm³/mol. The molecule has 5 heteroatoms. The summed E-state index contributed by atoms with van der Waals surface area (Å²) in [6, 6.07) is 10.5. The van der Waals surface area contributed by atoms with Gasteiger partial charge < -0.3 is 15.8 Å². The van der Waals surface area contributed by atoms with E-state index in [9.17, 15) is 4.79 Å². The summed E-state index contributed by atoms with van der Waals surface area (Å²) in [4.78, 5) is 14.4. The van der Waals surface area contributed by atoms with Crippen molar-refractivity contribution in [3.63, 3.8) is 0 Å². The second kappa shape index (κ2) is 7.79. The summed E-state index contributed by atoms with van der Waals surface area (Å²) in [7, 11) is 0. The number of likely N-dealkylation sites (tertiary alicyclic amines) is 1. The first-order chi connectivity index (χ1) is 10.9. The molecule has 2 unspecified atom stereocenters. The molecule has 1 aliphatic heterocycles. The van der Waals surface area contributed by atoms with E-state index in [-0.39, 0.29) is 12.1 Å². The smallest absolute Gasteiger partial charge is 0.407 e. The van der Waals surface area contributed by atoms with Crippen molar-refractivity contribution < 1.29 is 9.53 Å². The molecular formula is C18H29N3O2. The van der Waals surface area contributed by atoms with E-state index in [1.54, 1.807) is 0 Å². The summed E-state index contributed by atoms with van der Waals surface area (Å²) >= 11 is 0. The molecule has 128 valence electrons. The summed E-state index contributed by atoms with van der Waals surface area (Å²) in [5.41, 5.74) is 6.55. The number of carbonyl (C=O) groups is 1. The van der Waals surface area contributed by atoms with Gasteiger partial charge in [0.15, 0.2) is 0 Å². The van der Waals surface area contributed by atoms with Crippen LogP contribution in [-0.2, 0) is 4.74 Å². The largest absolute Gasteiger partial charge is 0.444 e. The number of rotatable bonds is 4. The molecule has 0 aromatic heterocycles. The Labute approximate surface area is 139 Å².